The molecule has 11 nitrogen and oxygen atoms in total. The molecule has 8 rings (SSSR count). The number of nitrogens with zero attached hydrogens (tertiary/aromatic N) is 5. The van der Waals surface area contributed by atoms with Gasteiger partial charge in [0.2, 0.25) is 0 Å². The fraction of sp³-hybridized carbons (Fsp3) is 0.231. The number of hydrogen-bond donors (Lipinski definition) is 3. The molecule has 0 radical (unpaired) electrons. The predicted molar refractivity (Wildman–Crippen MR) is 191 cm³/mol. The van der Waals surface area contributed by atoms with Crippen molar-refractivity contribution in [3.63, 3.8) is 0 Å². The maximum Gasteiger partial charge on any atom is 0.335 e. The number of aromatic hydroxyl groups is 1. The highest BCUT2D eigenvalue weighted by atomic mass is 19.1. The second-order valence-corrected chi connectivity index (χ2v) is 13.0. The number of aromatic nitrogens is 2. The normalized spacial score (nSPS) is 14.8. The smallest absolute Gasteiger partial charge is 0.335 e. The molecule has 2 heterocycles. The molecule has 4 aromatic carbocycles. The third-order valence-corrected chi connectivity index (χ3v) is 9.35. The number of carbonyl (C=O) groups is 2. The van der Waals surface area contributed by atoms with Crippen LogP contribution in [-0.2, 0) is 30.5 Å². The molecule has 0 saturated carbocycles. The molecule has 51 heavy (non-hydrogen) atoms. The molecule has 1 aliphatic heterocycles. The first-order valence-corrected chi connectivity index (χ1v) is 16.8. The quantitative estimate of drug-likeness (QED) is 0.155. The Morgan fingerprint density at radius 3 is 2.18 bits per heavy atom. The van der Waals surface area contributed by atoms with Crippen LogP contribution < -0.4 is 10.6 Å². The van der Waals surface area contributed by atoms with Gasteiger partial charge in [-0.1, -0.05) is 24.3 Å². The highest BCUT2D eigenvalue weighted by Gasteiger charge is 2.24. The van der Waals surface area contributed by atoms with E-state index in [1.807, 2.05) is 31.2 Å². The summed E-state index contributed by atoms with van der Waals surface area (Å²) >= 11 is 0. The third kappa shape index (κ3) is 6.72. The van der Waals surface area contributed by atoms with E-state index in [2.05, 4.69) is 32.6 Å². The van der Waals surface area contributed by atoms with E-state index in [1.165, 1.54) is 63.0 Å². The number of anilines is 1. The average Bonchev–Trinajstić information content (AvgIpc) is 3.91. The van der Waals surface area contributed by atoms with E-state index >= 15 is 0 Å². The molecule has 1 amide bonds. The fourth-order valence-electron chi connectivity index (χ4n) is 6.79. The van der Waals surface area contributed by atoms with E-state index < -0.39 is 17.3 Å². The van der Waals surface area contributed by atoms with Crippen molar-refractivity contribution in [2.75, 3.05) is 5.01 Å². The molecule has 3 aliphatic rings. The van der Waals surface area contributed by atoms with Crippen LogP contribution in [0.3, 0.4) is 0 Å². The SMILES string of the molecule is CC1=NN(c2ccc3c(c2)CCC3)C(=O)C1.Cc1[nH]n(-c2ccc3c(c2)CCC3)c(=O)c1N=Nc1cc(F)cc(-c2cccc(C(=O)O)c2)c1O. The third-order valence-electron chi connectivity index (χ3n) is 9.35. The van der Waals surface area contributed by atoms with Gasteiger partial charge in [-0.25, -0.2) is 18.9 Å². The number of rotatable bonds is 6. The number of hydrazone groups is 1. The predicted octanol–water partition coefficient (Wildman–Crippen LogP) is 7.88. The molecule has 0 fully saturated rings. The number of halogens is 1. The van der Waals surface area contributed by atoms with E-state index in [-0.39, 0.29) is 34.2 Å². The summed E-state index contributed by atoms with van der Waals surface area (Å²) in [6.45, 7) is 3.57. The van der Waals surface area contributed by atoms with Crippen LogP contribution in [0, 0.1) is 12.7 Å². The van der Waals surface area contributed by atoms with Crippen molar-refractivity contribution in [3.05, 3.63) is 122 Å². The molecule has 0 atom stereocenters. The number of carboxylic acid groups (broad SMARTS) is 1. The summed E-state index contributed by atoms with van der Waals surface area (Å²) in [6, 6.07) is 20.0. The summed E-state index contributed by atoms with van der Waals surface area (Å²) in [5.41, 5.74) is 8.05. The Kier molecular flexibility index (Phi) is 8.90. The first-order valence-electron chi connectivity index (χ1n) is 16.8. The Morgan fingerprint density at radius 2 is 1.51 bits per heavy atom. The number of azo groups is 1. The molecule has 258 valence electrons. The van der Waals surface area contributed by atoms with Gasteiger partial charge in [0.05, 0.1) is 29.1 Å². The molecule has 0 bridgehead atoms. The Balaban J connectivity index is 0.000000210. The minimum Gasteiger partial charge on any atom is -0.505 e. The number of amides is 1. The number of phenols is 1. The van der Waals surface area contributed by atoms with Gasteiger partial charge in [0.1, 0.15) is 11.5 Å². The number of benzene rings is 4. The van der Waals surface area contributed by atoms with Gasteiger partial charge in [-0.2, -0.15) is 5.10 Å². The Labute approximate surface area is 292 Å². The molecule has 5 aromatic rings. The van der Waals surface area contributed by atoms with Gasteiger partial charge >= 0.3 is 5.97 Å². The fourth-order valence-corrected chi connectivity index (χ4v) is 6.79. The summed E-state index contributed by atoms with van der Waals surface area (Å²) < 4.78 is 15.8. The molecule has 2 aliphatic carbocycles. The van der Waals surface area contributed by atoms with E-state index in [0.717, 1.165) is 49.2 Å². The van der Waals surface area contributed by atoms with Crippen LogP contribution in [-0.4, -0.2) is 37.6 Å². The number of hydrogen-bond acceptors (Lipinski definition) is 7. The van der Waals surface area contributed by atoms with Crippen molar-refractivity contribution in [1.29, 1.82) is 0 Å². The number of aromatic amines is 1. The van der Waals surface area contributed by atoms with Gasteiger partial charge in [0.15, 0.2) is 11.4 Å². The van der Waals surface area contributed by atoms with Crippen LogP contribution in [0.5, 0.6) is 5.75 Å². The molecule has 0 spiro atoms. The number of aromatic carboxylic acids is 1. The van der Waals surface area contributed by atoms with Crippen LogP contribution in [0.25, 0.3) is 16.8 Å². The van der Waals surface area contributed by atoms with Gasteiger partial charge in [-0.15, -0.1) is 10.2 Å². The van der Waals surface area contributed by atoms with Gasteiger partial charge < -0.3 is 10.2 Å². The monoisotopic (exact) mass is 686 g/mol. The second kappa shape index (κ2) is 13.6. The topological polar surface area (TPSA) is 153 Å². The maximum atomic E-state index is 14.4. The van der Waals surface area contributed by atoms with Gasteiger partial charge in [0.25, 0.3) is 11.5 Å². The standard InChI is InChI=1S/C26H21FN4O4.C13H14N2O/c1-14-23(25(33)31(30-14)20-9-8-15-4-2-5-16(15)11-20)29-28-22-13-19(27)12-21(24(22)32)17-6-3-7-18(10-17)26(34)35;1-9-7-13(16)15(14-9)12-6-5-10-3-2-4-11(10)8-12/h3,6-13,30,32H,2,4-5H2,1H3,(H,34,35);5-6,8H,2-4,7H2,1H3. The lowest BCUT2D eigenvalue weighted by Gasteiger charge is -2.13. The molecule has 0 unspecified atom stereocenters. The summed E-state index contributed by atoms with van der Waals surface area (Å²) in [5, 5.41) is 36.7. The van der Waals surface area contributed by atoms with Crippen LogP contribution in [0.15, 0.2) is 92.9 Å². The van der Waals surface area contributed by atoms with Gasteiger partial charge in [-0.05, 0) is 123 Å². The molecule has 12 heteroatoms. The Hall–Kier alpha value is -6.17. The maximum absolute atomic E-state index is 14.4. The summed E-state index contributed by atoms with van der Waals surface area (Å²) in [7, 11) is 0. The largest absolute Gasteiger partial charge is 0.505 e. The lowest BCUT2D eigenvalue weighted by molar-refractivity contribution is -0.116. The highest BCUT2D eigenvalue weighted by Crippen LogP contribution is 2.39. The molecular weight excluding hydrogens is 651 g/mol. The first-order chi connectivity index (χ1) is 24.5. The number of fused-ring (bicyclic) bond motifs is 2. The van der Waals surface area contributed by atoms with Gasteiger partial charge in [0, 0.05) is 17.3 Å². The van der Waals surface area contributed by atoms with E-state index in [4.69, 9.17) is 0 Å². The number of carboxylic acids is 1. The zero-order valence-corrected chi connectivity index (χ0v) is 28.1. The summed E-state index contributed by atoms with van der Waals surface area (Å²) in [6.07, 6.45) is 7.09. The Bertz CT molecular complexity index is 2340. The molecule has 1 aromatic heterocycles. The van der Waals surface area contributed by atoms with Crippen molar-refractivity contribution in [3.8, 4) is 22.6 Å². The van der Waals surface area contributed by atoms with E-state index in [1.54, 1.807) is 13.0 Å². The molecular formula is C39H35FN6O5. The van der Waals surface area contributed by atoms with Crippen molar-refractivity contribution < 1.29 is 24.2 Å². The zero-order chi connectivity index (χ0) is 35.8. The zero-order valence-electron chi connectivity index (χ0n) is 28.1. The second-order valence-electron chi connectivity index (χ2n) is 13.0. The Morgan fingerprint density at radius 1 is 0.843 bits per heavy atom. The van der Waals surface area contributed by atoms with Crippen LogP contribution in [0.4, 0.5) is 21.5 Å². The molecule has 3 N–H and O–H groups in total. The van der Waals surface area contributed by atoms with Crippen molar-refractivity contribution in [2.24, 2.45) is 15.3 Å². The minimum absolute atomic E-state index is 0.00982. The van der Waals surface area contributed by atoms with Crippen molar-refractivity contribution in [1.82, 2.24) is 9.78 Å². The van der Waals surface area contributed by atoms with Crippen LogP contribution in [0.1, 0.15) is 64.5 Å². The van der Waals surface area contributed by atoms with E-state index in [0.29, 0.717) is 23.4 Å². The minimum atomic E-state index is -1.15. The van der Waals surface area contributed by atoms with E-state index in [9.17, 15) is 29.0 Å². The number of H-pyrrole nitrogens is 1. The van der Waals surface area contributed by atoms with Crippen LogP contribution in [0.2, 0.25) is 0 Å². The number of aryl methyl sites for hydroxylation is 5. The average molecular weight is 687 g/mol. The highest BCUT2D eigenvalue weighted by molar-refractivity contribution is 6.12. The summed E-state index contributed by atoms with van der Waals surface area (Å²) in [4.78, 5) is 36.0. The lowest BCUT2D eigenvalue weighted by Crippen LogP contribution is -2.19. The van der Waals surface area contributed by atoms with Crippen molar-refractivity contribution >= 4 is 34.7 Å². The number of phenolic OH excluding ortho intramolecular Hbond substituents is 1. The first kappa shape index (κ1) is 33.3. The summed E-state index contributed by atoms with van der Waals surface area (Å²) in [5.74, 6) is -2.15. The van der Waals surface area contributed by atoms with Crippen LogP contribution >= 0.6 is 0 Å². The van der Waals surface area contributed by atoms with Crippen molar-refractivity contribution in [2.45, 2.75) is 58.8 Å². The van der Waals surface area contributed by atoms with Gasteiger partial charge in [-0.3, -0.25) is 14.7 Å². The number of carbonyl (C=O) groups excluding carboxylic acids is 1. The lowest BCUT2D eigenvalue weighted by atomic mass is 10.0. The molecule has 0 saturated heterocycles. The number of nitrogens with one attached hydrogen (secondary N) is 1.